The van der Waals surface area contributed by atoms with Gasteiger partial charge in [-0.15, -0.1) is 0 Å². The highest BCUT2D eigenvalue weighted by atomic mass is 35.5. The van der Waals surface area contributed by atoms with Gasteiger partial charge in [-0.3, -0.25) is 13.9 Å². The van der Waals surface area contributed by atoms with Crippen LogP contribution in [-0.2, 0) is 16.4 Å². The van der Waals surface area contributed by atoms with Crippen LogP contribution in [0.3, 0.4) is 0 Å². The average Bonchev–Trinajstić information content (AvgIpc) is 2.79. The molecule has 0 aromatic heterocycles. The molecule has 0 saturated carbocycles. The van der Waals surface area contributed by atoms with Gasteiger partial charge in [0.25, 0.3) is 15.9 Å². The molecule has 32 heavy (non-hydrogen) atoms. The Balaban J connectivity index is 1.58. The number of carbonyl (C=O) groups is 2. The molecular weight excluding hydrogens is 450 g/mol. The first-order chi connectivity index (χ1) is 15.3. The molecule has 1 aliphatic rings. The van der Waals surface area contributed by atoms with E-state index in [4.69, 9.17) is 17.3 Å². The van der Waals surface area contributed by atoms with Gasteiger partial charge in [0.2, 0.25) is 5.91 Å². The second-order valence-corrected chi connectivity index (χ2v) is 9.67. The van der Waals surface area contributed by atoms with Crippen molar-refractivity contribution in [3.05, 3.63) is 88.4 Å². The molecule has 0 unspecified atom stereocenters. The van der Waals surface area contributed by atoms with Crippen LogP contribution in [0.25, 0.3) is 0 Å². The standard InChI is InChI=1S/C23H20ClN3O4S/c24-18-6-10-20(11-7-18)32(30,31)27-13-1-2-16-14-17(5-12-21(16)27)23(29)26-19-8-3-15(4-9-19)22(25)28/h3-12,14H,1-2,13H2,(H2,25,28)(H,26,29). The fraction of sp³-hybridized carbons (Fsp3) is 0.130. The van der Waals surface area contributed by atoms with Gasteiger partial charge in [-0.1, -0.05) is 11.6 Å². The van der Waals surface area contributed by atoms with Gasteiger partial charge in [0.05, 0.1) is 10.6 Å². The first kappa shape index (κ1) is 21.9. The normalized spacial score (nSPS) is 13.3. The minimum Gasteiger partial charge on any atom is -0.366 e. The molecule has 4 rings (SSSR count). The molecule has 0 bridgehead atoms. The van der Waals surface area contributed by atoms with E-state index < -0.39 is 15.9 Å². The number of sulfonamides is 1. The zero-order valence-electron chi connectivity index (χ0n) is 16.9. The molecule has 3 aromatic carbocycles. The van der Waals surface area contributed by atoms with Crippen LogP contribution < -0.4 is 15.4 Å². The molecule has 1 aliphatic heterocycles. The van der Waals surface area contributed by atoms with Crippen molar-refractivity contribution in [1.29, 1.82) is 0 Å². The maximum absolute atomic E-state index is 13.2. The second kappa shape index (κ2) is 8.64. The van der Waals surface area contributed by atoms with E-state index in [0.717, 1.165) is 5.56 Å². The Morgan fingerprint density at radius 2 is 1.59 bits per heavy atom. The molecule has 9 heteroatoms. The third-order valence-electron chi connectivity index (χ3n) is 5.25. The maximum atomic E-state index is 13.2. The number of anilines is 2. The molecule has 164 valence electrons. The van der Waals surface area contributed by atoms with Gasteiger partial charge in [-0.25, -0.2) is 8.42 Å². The summed E-state index contributed by atoms with van der Waals surface area (Å²) in [6.45, 7) is 0.357. The monoisotopic (exact) mass is 469 g/mol. The highest BCUT2D eigenvalue weighted by Crippen LogP contribution is 2.33. The third kappa shape index (κ3) is 4.32. The number of fused-ring (bicyclic) bond motifs is 1. The molecule has 0 aliphatic carbocycles. The smallest absolute Gasteiger partial charge is 0.264 e. The minimum absolute atomic E-state index is 0.163. The van der Waals surface area contributed by atoms with Crippen molar-refractivity contribution in [2.75, 3.05) is 16.2 Å². The lowest BCUT2D eigenvalue weighted by molar-refractivity contribution is 0.0998. The second-order valence-electron chi connectivity index (χ2n) is 7.37. The summed E-state index contributed by atoms with van der Waals surface area (Å²) in [5.74, 6) is -0.882. The largest absolute Gasteiger partial charge is 0.366 e. The Morgan fingerprint density at radius 1 is 0.938 bits per heavy atom. The molecule has 2 amide bonds. The van der Waals surface area contributed by atoms with Gasteiger partial charge in [-0.2, -0.15) is 0 Å². The lowest BCUT2D eigenvalue weighted by atomic mass is 10.0. The number of aryl methyl sites for hydroxylation is 1. The third-order valence-corrected chi connectivity index (χ3v) is 7.33. The zero-order valence-corrected chi connectivity index (χ0v) is 18.5. The van der Waals surface area contributed by atoms with Gasteiger partial charge in [-0.05, 0) is 85.1 Å². The Morgan fingerprint density at radius 3 is 2.25 bits per heavy atom. The first-order valence-electron chi connectivity index (χ1n) is 9.88. The summed E-state index contributed by atoms with van der Waals surface area (Å²) in [5, 5.41) is 3.23. The van der Waals surface area contributed by atoms with Crippen molar-refractivity contribution in [3.63, 3.8) is 0 Å². The number of halogens is 1. The van der Waals surface area contributed by atoms with Crippen molar-refractivity contribution >= 4 is 44.8 Å². The molecule has 3 N–H and O–H groups in total. The summed E-state index contributed by atoms with van der Waals surface area (Å²) in [6.07, 6.45) is 1.30. The topological polar surface area (TPSA) is 110 Å². The molecule has 0 fully saturated rings. The summed E-state index contributed by atoms with van der Waals surface area (Å²) in [5.41, 5.74) is 7.85. The van der Waals surface area contributed by atoms with Crippen LogP contribution in [-0.4, -0.2) is 26.8 Å². The quantitative estimate of drug-likeness (QED) is 0.591. The lowest BCUT2D eigenvalue weighted by Gasteiger charge is -2.30. The van der Waals surface area contributed by atoms with Crippen LogP contribution >= 0.6 is 11.6 Å². The summed E-state index contributed by atoms with van der Waals surface area (Å²) in [6, 6.07) is 17.3. The van der Waals surface area contributed by atoms with Crippen LogP contribution in [0, 0.1) is 0 Å². The molecule has 3 aromatic rings. The SMILES string of the molecule is NC(=O)c1ccc(NC(=O)c2ccc3c(c2)CCCN3S(=O)(=O)c2ccc(Cl)cc2)cc1. The number of benzene rings is 3. The Kier molecular flexibility index (Phi) is 5.90. The fourth-order valence-corrected chi connectivity index (χ4v) is 5.28. The number of hydrogen-bond acceptors (Lipinski definition) is 4. The summed E-state index contributed by atoms with van der Waals surface area (Å²) in [4.78, 5) is 24.0. The van der Waals surface area contributed by atoms with Crippen molar-refractivity contribution < 1.29 is 18.0 Å². The number of hydrogen-bond donors (Lipinski definition) is 2. The van der Waals surface area contributed by atoms with E-state index in [-0.39, 0.29) is 10.8 Å². The van der Waals surface area contributed by atoms with E-state index in [2.05, 4.69) is 5.32 Å². The molecular formula is C23H20ClN3O4S. The Hall–Kier alpha value is -3.36. The summed E-state index contributed by atoms with van der Waals surface area (Å²) < 4.78 is 27.7. The average molecular weight is 470 g/mol. The number of rotatable bonds is 5. The molecule has 0 saturated heterocycles. The van der Waals surface area contributed by atoms with Crippen molar-refractivity contribution in [2.24, 2.45) is 5.73 Å². The molecule has 0 atom stereocenters. The van der Waals surface area contributed by atoms with E-state index in [1.165, 1.54) is 28.6 Å². The van der Waals surface area contributed by atoms with Gasteiger partial charge < -0.3 is 11.1 Å². The Bertz CT molecular complexity index is 1290. The van der Waals surface area contributed by atoms with Gasteiger partial charge in [0.1, 0.15) is 0 Å². The van der Waals surface area contributed by atoms with Crippen molar-refractivity contribution in [3.8, 4) is 0 Å². The van der Waals surface area contributed by atoms with Crippen LogP contribution in [0.4, 0.5) is 11.4 Å². The van der Waals surface area contributed by atoms with E-state index in [9.17, 15) is 18.0 Å². The summed E-state index contributed by atoms with van der Waals surface area (Å²) in [7, 11) is -3.75. The van der Waals surface area contributed by atoms with Gasteiger partial charge in [0, 0.05) is 28.4 Å². The highest BCUT2D eigenvalue weighted by molar-refractivity contribution is 7.92. The van der Waals surface area contributed by atoms with Crippen LogP contribution in [0.5, 0.6) is 0 Å². The van der Waals surface area contributed by atoms with Crippen molar-refractivity contribution in [2.45, 2.75) is 17.7 Å². The van der Waals surface area contributed by atoms with Gasteiger partial charge in [0.15, 0.2) is 0 Å². The van der Waals surface area contributed by atoms with E-state index in [1.54, 1.807) is 42.5 Å². The van der Waals surface area contributed by atoms with Gasteiger partial charge >= 0.3 is 0 Å². The van der Waals surface area contributed by atoms with Crippen LogP contribution in [0.15, 0.2) is 71.6 Å². The predicted molar refractivity (Wildman–Crippen MR) is 124 cm³/mol. The number of nitrogens with one attached hydrogen (secondary N) is 1. The fourth-order valence-electron chi connectivity index (χ4n) is 3.61. The minimum atomic E-state index is -3.75. The van der Waals surface area contributed by atoms with Crippen molar-refractivity contribution in [1.82, 2.24) is 0 Å². The molecule has 0 radical (unpaired) electrons. The number of carbonyl (C=O) groups excluding carboxylic acids is 2. The number of amides is 2. The summed E-state index contributed by atoms with van der Waals surface area (Å²) >= 11 is 5.89. The van der Waals surface area contributed by atoms with E-state index in [0.29, 0.717) is 46.9 Å². The molecule has 7 nitrogen and oxygen atoms in total. The number of nitrogens with zero attached hydrogens (tertiary/aromatic N) is 1. The van der Waals surface area contributed by atoms with E-state index in [1.807, 2.05) is 0 Å². The predicted octanol–water partition coefficient (Wildman–Crippen LogP) is 3.83. The first-order valence-corrected chi connectivity index (χ1v) is 11.7. The zero-order chi connectivity index (χ0) is 22.9. The lowest BCUT2D eigenvalue weighted by Crippen LogP contribution is -2.35. The molecule has 0 spiro atoms. The highest BCUT2D eigenvalue weighted by Gasteiger charge is 2.29. The van der Waals surface area contributed by atoms with Crippen LogP contribution in [0.1, 0.15) is 32.7 Å². The molecule has 1 heterocycles. The number of primary amides is 1. The Labute approximate surface area is 190 Å². The van der Waals surface area contributed by atoms with E-state index >= 15 is 0 Å². The maximum Gasteiger partial charge on any atom is 0.264 e. The van der Waals surface area contributed by atoms with Crippen LogP contribution in [0.2, 0.25) is 5.02 Å². The number of nitrogens with two attached hydrogens (primary N) is 1.